The maximum absolute atomic E-state index is 13.4. The minimum atomic E-state index is -1.62. The SMILES string of the molecule is CC/C=C/C/C=C/C/C=C/CCCCCC(O)C(=O)NC(COC1OC(CO)C(O)C(O)C1OC(=O)CCCCCCCCCCCCCCC/C=C\C/C=C\CCCCC)C(O)/C=C/CCCCCCCCCCCCC. The van der Waals surface area contributed by atoms with E-state index in [2.05, 4.69) is 86.8 Å². The van der Waals surface area contributed by atoms with Gasteiger partial charge in [-0.15, -0.1) is 0 Å². The molecule has 78 heavy (non-hydrogen) atoms. The predicted octanol–water partition coefficient (Wildman–Crippen LogP) is 15.6. The fourth-order valence-corrected chi connectivity index (χ4v) is 9.76. The number of ether oxygens (including phenoxy) is 3. The van der Waals surface area contributed by atoms with E-state index in [0.29, 0.717) is 12.8 Å². The first-order valence-electron chi connectivity index (χ1n) is 32.2. The van der Waals surface area contributed by atoms with Gasteiger partial charge in [-0.2, -0.15) is 0 Å². The number of rotatable bonds is 54. The molecule has 6 N–H and O–H groups in total. The highest BCUT2D eigenvalue weighted by Gasteiger charge is 2.47. The summed E-state index contributed by atoms with van der Waals surface area (Å²) in [5.74, 6) is -1.22. The van der Waals surface area contributed by atoms with Crippen molar-refractivity contribution in [3.05, 3.63) is 72.9 Å². The maximum atomic E-state index is 13.4. The Bertz CT molecular complexity index is 1540. The van der Waals surface area contributed by atoms with Crippen LogP contribution in [0.15, 0.2) is 72.9 Å². The largest absolute Gasteiger partial charge is 0.454 e. The van der Waals surface area contributed by atoms with E-state index in [1.54, 1.807) is 6.08 Å². The molecule has 0 aromatic rings. The molecule has 1 saturated heterocycles. The standard InChI is InChI=1S/C67H119NO10/c1-4-7-10-13-16-19-22-25-26-27-28-29-30-31-32-33-34-37-40-43-46-49-52-55-62(72)78-65-64(74)63(73)61(56-69)77-67(65)76-57-58(59(70)53-50-47-44-41-38-35-23-20-17-14-11-8-5-2)68-66(75)60(71)54-51-48-45-42-39-36-24-21-18-15-12-9-6-3/h9,12,16,18-19,21,25-26,36,39,50,53,58-61,63-65,67,69-71,73-74H,4-8,10-11,13-15,17,20,22-24,27-35,37-38,40-49,51-52,54-57H2,1-3H3,(H,68,75)/b12-9+,19-16-,21-18+,26-25-,39-36+,53-50+. The number of amides is 1. The van der Waals surface area contributed by atoms with E-state index < -0.39 is 67.4 Å². The van der Waals surface area contributed by atoms with Crippen molar-refractivity contribution in [2.45, 2.75) is 327 Å². The molecule has 452 valence electrons. The van der Waals surface area contributed by atoms with Crippen molar-refractivity contribution in [2.24, 2.45) is 0 Å². The molecule has 1 fully saturated rings. The Hall–Kier alpha value is -2.90. The van der Waals surface area contributed by atoms with Crippen LogP contribution in [0.3, 0.4) is 0 Å². The van der Waals surface area contributed by atoms with Gasteiger partial charge in [0.15, 0.2) is 12.4 Å². The molecular weight excluding hydrogens is 979 g/mol. The molecule has 1 aliphatic rings. The summed E-state index contributed by atoms with van der Waals surface area (Å²) in [6.07, 6.45) is 59.4. The van der Waals surface area contributed by atoms with Gasteiger partial charge in [-0.1, -0.05) is 254 Å². The summed E-state index contributed by atoms with van der Waals surface area (Å²) in [6, 6.07) is -1.04. The zero-order valence-electron chi connectivity index (χ0n) is 50.0. The van der Waals surface area contributed by atoms with Gasteiger partial charge in [0.2, 0.25) is 5.91 Å². The van der Waals surface area contributed by atoms with Gasteiger partial charge in [0.25, 0.3) is 0 Å². The van der Waals surface area contributed by atoms with Gasteiger partial charge in [0.1, 0.15) is 24.4 Å². The van der Waals surface area contributed by atoms with E-state index in [1.807, 2.05) is 6.08 Å². The van der Waals surface area contributed by atoms with E-state index in [-0.39, 0.29) is 19.4 Å². The minimum Gasteiger partial charge on any atom is -0.454 e. The van der Waals surface area contributed by atoms with Gasteiger partial charge in [-0.3, -0.25) is 9.59 Å². The van der Waals surface area contributed by atoms with Crippen LogP contribution in [0.25, 0.3) is 0 Å². The number of carbonyl (C=O) groups excluding carboxylic acids is 2. The second kappa shape index (κ2) is 54.7. The number of aliphatic hydroxyl groups is 5. The molecule has 1 rings (SSSR count). The number of hydrogen-bond acceptors (Lipinski definition) is 10. The molecule has 11 heteroatoms. The summed E-state index contributed by atoms with van der Waals surface area (Å²) < 4.78 is 17.6. The van der Waals surface area contributed by atoms with E-state index in [9.17, 15) is 35.1 Å². The second-order valence-corrected chi connectivity index (χ2v) is 22.1. The molecule has 1 heterocycles. The molecule has 0 bridgehead atoms. The van der Waals surface area contributed by atoms with E-state index in [0.717, 1.165) is 83.5 Å². The van der Waals surface area contributed by atoms with Crippen LogP contribution in [-0.4, -0.2) is 99.6 Å². The average Bonchev–Trinajstić information content (AvgIpc) is 3.44. The van der Waals surface area contributed by atoms with Gasteiger partial charge in [-0.25, -0.2) is 0 Å². The van der Waals surface area contributed by atoms with Crippen LogP contribution < -0.4 is 5.32 Å². The zero-order chi connectivity index (χ0) is 56.8. The number of nitrogens with one attached hydrogen (secondary N) is 1. The van der Waals surface area contributed by atoms with E-state index in [4.69, 9.17) is 14.2 Å². The van der Waals surface area contributed by atoms with Crippen molar-refractivity contribution in [3.8, 4) is 0 Å². The molecule has 8 atom stereocenters. The highest BCUT2D eigenvalue weighted by atomic mass is 16.7. The molecule has 11 nitrogen and oxygen atoms in total. The number of unbranched alkanes of at least 4 members (excludes halogenated alkanes) is 30. The molecule has 0 aliphatic carbocycles. The van der Waals surface area contributed by atoms with Crippen molar-refractivity contribution in [3.63, 3.8) is 0 Å². The normalized spacial score (nSPS) is 19.4. The first-order chi connectivity index (χ1) is 38.2. The van der Waals surface area contributed by atoms with Crippen LogP contribution in [0.2, 0.25) is 0 Å². The molecule has 8 unspecified atom stereocenters. The van der Waals surface area contributed by atoms with E-state index in [1.165, 1.54) is 148 Å². The van der Waals surface area contributed by atoms with Gasteiger partial charge in [0.05, 0.1) is 25.4 Å². The lowest BCUT2D eigenvalue weighted by atomic mass is 9.99. The Labute approximate surface area is 477 Å². The van der Waals surface area contributed by atoms with Crippen LogP contribution in [0.1, 0.15) is 278 Å². The smallest absolute Gasteiger partial charge is 0.306 e. The Kier molecular flexibility index (Phi) is 51.3. The lowest BCUT2D eigenvalue weighted by molar-refractivity contribution is -0.305. The van der Waals surface area contributed by atoms with E-state index >= 15 is 0 Å². The molecule has 0 aromatic heterocycles. The third-order valence-electron chi connectivity index (χ3n) is 14.8. The third-order valence-corrected chi connectivity index (χ3v) is 14.8. The average molecular weight is 1100 g/mol. The number of hydrogen-bond donors (Lipinski definition) is 6. The quantitative estimate of drug-likeness (QED) is 0.0195. The lowest BCUT2D eigenvalue weighted by Crippen LogP contribution is -2.61. The number of aliphatic hydroxyl groups excluding tert-OH is 5. The van der Waals surface area contributed by atoms with Gasteiger partial charge in [0, 0.05) is 6.42 Å². The topological polar surface area (TPSA) is 175 Å². The number of allylic oxidation sites excluding steroid dienone is 11. The van der Waals surface area contributed by atoms with Crippen molar-refractivity contribution in [2.75, 3.05) is 13.2 Å². The van der Waals surface area contributed by atoms with Crippen molar-refractivity contribution in [1.29, 1.82) is 0 Å². The first kappa shape index (κ1) is 73.1. The van der Waals surface area contributed by atoms with Gasteiger partial charge < -0.3 is 45.1 Å². The highest BCUT2D eigenvalue weighted by molar-refractivity contribution is 5.80. The predicted molar refractivity (Wildman–Crippen MR) is 324 cm³/mol. The molecule has 0 spiro atoms. The Morgan fingerprint density at radius 1 is 0.513 bits per heavy atom. The minimum absolute atomic E-state index is 0.118. The molecule has 0 aromatic carbocycles. The summed E-state index contributed by atoms with van der Waals surface area (Å²) >= 11 is 0. The molecule has 1 amide bonds. The van der Waals surface area contributed by atoms with Crippen LogP contribution in [0.4, 0.5) is 0 Å². The summed E-state index contributed by atoms with van der Waals surface area (Å²) in [7, 11) is 0. The Morgan fingerprint density at radius 2 is 0.923 bits per heavy atom. The number of esters is 1. The van der Waals surface area contributed by atoms with Gasteiger partial charge >= 0.3 is 5.97 Å². The summed E-state index contributed by atoms with van der Waals surface area (Å²) in [4.78, 5) is 26.6. The molecule has 1 aliphatic heterocycles. The first-order valence-corrected chi connectivity index (χ1v) is 32.2. The number of carbonyl (C=O) groups is 2. The molecular formula is C67H119NO10. The third kappa shape index (κ3) is 42.0. The molecule has 0 saturated carbocycles. The van der Waals surface area contributed by atoms with Crippen LogP contribution in [-0.2, 0) is 23.8 Å². The molecule has 0 radical (unpaired) electrons. The second-order valence-electron chi connectivity index (χ2n) is 22.1. The monoisotopic (exact) mass is 1100 g/mol. The van der Waals surface area contributed by atoms with Crippen LogP contribution in [0.5, 0.6) is 0 Å². The van der Waals surface area contributed by atoms with Crippen molar-refractivity contribution in [1.82, 2.24) is 5.32 Å². The Morgan fingerprint density at radius 3 is 1.41 bits per heavy atom. The van der Waals surface area contributed by atoms with Gasteiger partial charge in [-0.05, 0) is 89.9 Å². The lowest BCUT2D eigenvalue weighted by Gasteiger charge is -2.41. The zero-order valence-corrected chi connectivity index (χ0v) is 50.0. The fraction of sp³-hybridized carbons (Fsp3) is 0.791. The van der Waals surface area contributed by atoms with Crippen LogP contribution in [0, 0.1) is 0 Å². The fourth-order valence-electron chi connectivity index (χ4n) is 9.76. The summed E-state index contributed by atoms with van der Waals surface area (Å²) in [6.45, 7) is 5.65. The van der Waals surface area contributed by atoms with Crippen molar-refractivity contribution < 1.29 is 49.3 Å². The Balaban J connectivity index is 2.63. The highest BCUT2D eigenvalue weighted by Crippen LogP contribution is 2.26. The summed E-state index contributed by atoms with van der Waals surface area (Å²) in [5, 5.41) is 57.0. The van der Waals surface area contributed by atoms with Crippen molar-refractivity contribution >= 4 is 11.9 Å². The summed E-state index contributed by atoms with van der Waals surface area (Å²) in [5.41, 5.74) is 0. The maximum Gasteiger partial charge on any atom is 0.306 e. The van der Waals surface area contributed by atoms with Crippen LogP contribution >= 0.6 is 0 Å².